The Morgan fingerprint density at radius 1 is 1.40 bits per heavy atom. The number of methoxy groups -OCH3 is 1. The van der Waals surface area contributed by atoms with Crippen molar-refractivity contribution in [2.45, 2.75) is 26.1 Å². The molecule has 0 heterocycles. The minimum atomic E-state index is -1.23. The quantitative estimate of drug-likeness (QED) is 0.571. The summed E-state index contributed by atoms with van der Waals surface area (Å²) in [5.74, 6) is -0.990. The van der Waals surface area contributed by atoms with Crippen LogP contribution < -0.4 is 5.73 Å². The summed E-state index contributed by atoms with van der Waals surface area (Å²) in [6.07, 6.45) is -0.388. The van der Waals surface area contributed by atoms with E-state index in [1.54, 1.807) is 0 Å². The fourth-order valence-corrected chi connectivity index (χ4v) is 2.80. The van der Waals surface area contributed by atoms with E-state index in [9.17, 15) is 4.79 Å². The summed E-state index contributed by atoms with van der Waals surface area (Å²) in [5, 5.41) is 0. The average Bonchev–Trinajstić information content (AvgIpc) is 2.35. The van der Waals surface area contributed by atoms with Crippen molar-refractivity contribution < 1.29 is 19.0 Å². The maximum atomic E-state index is 11.3. The molecule has 2 N–H and O–H groups in total. The van der Waals surface area contributed by atoms with Gasteiger partial charge >= 0.3 is 6.09 Å². The predicted molar refractivity (Wildman–Crippen MR) is 83.9 cm³/mol. The summed E-state index contributed by atoms with van der Waals surface area (Å²) in [6.45, 7) is 4.04. The van der Waals surface area contributed by atoms with Gasteiger partial charge in [-0.3, -0.25) is 0 Å². The second-order valence-electron chi connectivity index (χ2n) is 4.80. The first kappa shape index (κ1) is 17.2. The molecule has 0 fully saturated rings. The first-order valence-electron chi connectivity index (χ1n) is 6.27. The number of primary amides is 1. The van der Waals surface area contributed by atoms with Crippen LogP contribution in [0.2, 0.25) is 0 Å². The highest BCUT2D eigenvalue weighted by Crippen LogP contribution is 2.36. The van der Waals surface area contributed by atoms with Crippen LogP contribution in [0.3, 0.4) is 0 Å². The molecule has 1 amide bonds. The molecular weight excluding hydrogens is 373 g/mol. The van der Waals surface area contributed by atoms with Crippen molar-refractivity contribution in [1.82, 2.24) is 0 Å². The minimum Gasteiger partial charge on any atom is -0.412 e. The predicted octanol–water partition coefficient (Wildman–Crippen LogP) is 3.21. The Kier molecular flexibility index (Phi) is 6.70. The van der Waals surface area contributed by atoms with E-state index in [1.165, 1.54) is 7.11 Å². The van der Waals surface area contributed by atoms with E-state index < -0.39 is 11.9 Å². The fraction of sp³-hybridized carbons (Fsp3) is 0.500. The molecule has 0 aliphatic carbocycles. The lowest BCUT2D eigenvalue weighted by atomic mass is 9.95. The number of amides is 1. The van der Waals surface area contributed by atoms with E-state index in [0.29, 0.717) is 6.42 Å². The molecule has 0 spiro atoms. The minimum absolute atomic E-state index is 0.00493. The Morgan fingerprint density at radius 3 is 2.55 bits per heavy atom. The molecule has 6 heteroatoms. The third-order valence-corrected chi connectivity index (χ3v) is 3.58. The van der Waals surface area contributed by atoms with Crippen molar-refractivity contribution >= 4 is 28.7 Å². The largest absolute Gasteiger partial charge is 0.412 e. The van der Waals surface area contributed by atoms with Crippen LogP contribution >= 0.6 is 22.6 Å². The standard InChI is InChI=1S/C14H20INO4/c1-10(2)8-14(19-9-18-3,20-13(16)17)11-6-4-5-7-12(11)15/h4-7,10H,8-9H2,1-3H3,(H2,16,17). The van der Waals surface area contributed by atoms with Crippen LogP contribution in [0.5, 0.6) is 0 Å². The van der Waals surface area contributed by atoms with Crippen molar-refractivity contribution in [1.29, 1.82) is 0 Å². The van der Waals surface area contributed by atoms with Gasteiger partial charge in [-0.05, 0) is 34.6 Å². The highest BCUT2D eigenvalue weighted by molar-refractivity contribution is 14.1. The van der Waals surface area contributed by atoms with Crippen molar-refractivity contribution in [2.24, 2.45) is 11.7 Å². The van der Waals surface area contributed by atoms with Crippen LogP contribution in [0.1, 0.15) is 25.8 Å². The van der Waals surface area contributed by atoms with Gasteiger partial charge in [-0.2, -0.15) is 0 Å². The number of benzene rings is 1. The third kappa shape index (κ3) is 4.60. The van der Waals surface area contributed by atoms with Crippen LogP contribution in [-0.4, -0.2) is 20.0 Å². The molecule has 20 heavy (non-hydrogen) atoms. The first-order chi connectivity index (χ1) is 9.41. The van der Waals surface area contributed by atoms with Crippen molar-refractivity contribution in [3.8, 4) is 0 Å². The molecule has 0 aromatic heterocycles. The van der Waals surface area contributed by atoms with Gasteiger partial charge in [0.2, 0.25) is 5.79 Å². The van der Waals surface area contributed by atoms with Gasteiger partial charge in [0.1, 0.15) is 0 Å². The van der Waals surface area contributed by atoms with Gasteiger partial charge in [0.15, 0.2) is 6.79 Å². The molecule has 5 nitrogen and oxygen atoms in total. The van der Waals surface area contributed by atoms with Gasteiger partial charge in [0.05, 0.1) is 0 Å². The van der Waals surface area contributed by atoms with Crippen LogP contribution in [0.15, 0.2) is 24.3 Å². The van der Waals surface area contributed by atoms with Crippen molar-refractivity contribution in [3.63, 3.8) is 0 Å². The molecule has 1 aromatic rings. The molecule has 0 saturated carbocycles. The van der Waals surface area contributed by atoms with Gasteiger partial charge in [0, 0.05) is 22.7 Å². The lowest BCUT2D eigenvalue weighted by Crippen LogP contribution is -2.40. The zero-order valence-corrected chi connectivity index (χ0v) is 14.0. The van der Waals surface area contributed by atoms with Gasteiger partial charge in [-0.1, -0.05) is 32.0 Å². The highest BCUT2D eigenvalue weighted by atomic mass is 127. The third-order valence-electron chi connectivity index (χ3n) is 2.64. The van der Waals surface area contributed by atoms with Crippen LogP contribution in [0.25, 0.3) is 0 Å². The number of hydrogen-bond acceptors (Lipinski definition) is 4. The second kappa shape index (κ2) is 7.80. The summed E-state index contributed by atoms with van der Waals surface area (Å²) >= 11 is 2.18. The molecule has 112 valence electrons. The summed E-state index contributed by atoms with van der Waals surface area (Å²) in [6, 6.07) is 7.56. The smallest absolute Gasteiger partial charge is 0.407 e. The van der Waals surface area contributed by atoms with Gasteiger partial charge in [-0.15, -0.1) is 0 Å². The number of nitrogens with two attached hydrogens (primary N) is 1. The summed E-state index contributed by atoms with van der Waals surface area (Å²) in [5.41, 5.74) is 6.00. The number of rotatable bonds is 7. The van der Waals surface area contributed by atoms with Gasteiger partial charge < -0.3 is 19.9 Å². The second-order valence-corrected chi connectivity index (χ2v) is 5.96. The van der Waals surface area contributed by atoms with Crippen molar-refractivity contribution in [2.75, 3.05) is 13.9 Å². The summed E-state index contributed by atoms with van der Waals surface area (Å²) in [7, 11) is 1.51. The topological polar surface area (TPSA) is 70.8 Å². The van der Waals surface area contributed by atoms with E-state index in [0.717, 1.165) is 9.13 Å². The number of ether oxygens (including phenoxy) is 3. The molecule has 1 atom stereocenters. The molecule has 1 aromatic carbocycles. The Bertz CT molecular complexity index is 453. The van der Waals surface area contributed by atoms with Gasteiger partial charge in [0.25, 0.3) is 0 Å². The lowest BCUT2D eigenvalue weighted by molar-refractivity contribution is -0.256. The maximum absolute atomic E-state index is 11.3. The Labute approximate surface area is 132 Å². The zero-order valence-electron chi connectivity index (χ0n) is 11.9. The fourth-order valence-electron chi connectivity index (χ4n) is 2.00. The van der Waals surface area contributed by atoms with E-state index >= 15 is 0 Å². The number of hydrogen-bond donors (Lipinski definition) is 1. The molecule has 0 aliphatic heterocycles. The van der Waals surface area contributed by atoms with E-state index in [2.05, 4.69) is 22.6 Å². The SMILES string of the molecule is COCOC(CC(C)C)(OC(N)=O)c1ccccc1I. The Balaban J connectivity index is 3.26. The maximum Gasteiger partial charge on any atom is 0.407 e. The Morgan fingerprint density at radius 2 is 2.05 bits per heavy atom. The number of halogens is 1. The van der Waals surface area contributed by atoms with Crippen LogP contribution in [0.4, 0.5) is 4.79 Å². The molecule has 0 bridgehead atoms. The lowest BCUT2D eigenvalue weighted by Gasteiger charge is -2.34. The van der Waals surface area contributed by atoms with Crippen LogP contribution in [0, 0.1) is 9.49 Å². The highest BCUT2D eigenvalue weighted by Gasteiger charge is 2.39. The van der Waals surface area contributed by atoms with Gasteiger partial charge in [-0.25, -0.2) is 4.79 Å². The molecule has 1 rings (SSSR count). The number of carbonyl (C=O) groups excluding carboxylic acids is 1. The molecular formula is C14H20INO4. The summed E-state index contributed by atoms with van der Waals surface area (Å²) in [4.78, 5) is 11.3. The molecule has 0 saturated heterocycles. The van der Waals surface area contributed by atoms with E-state index in [4.69, 9.17) is 19.9 Å². The first-order valence-corrected chi connectivity index (χ1v) is 7.35. The number of carbonyl (C=O) groups is 1. The zero-order chi connectivity index (χ0) is 15.2. The van der Waals surface area contributed by atoms with Crippen molar-refractivity contribution in [3.05, 3.63) is 33.4 Å². The Hall–Kier alpha value is -0.860. The monoisotopic (exact) mass is 393 g/mol. The molecule has 0 radical (unpaired) electrons. The average molecular weight is 393 g/mol. The molecule has 0 aliphatic rings. The van der Waals surface area contributed by atoms with E-state index in [-0.39, 0.29) is 12.7 Å². The normalized spacial score (nSPS) is 14.1. The molecule has 1 unspecified atom stereocenters. The van der Waals surface area contributed by atoms with Crippen LogP contribution in [-0.2, 0) is 20.0 Å². The summed E-state index contributed by atoms with van der Waals surface area (Å²) < 4.78 is 17.0. The van der Waals surface area contributed by atoms with E-state index in [1.807, 2.05) is 38.1 Å².